The summed E-state index contributed by atoms with van der Waals surface area (Å²) >= 11 is 3.37. The maximum absolute atomic E-state index is 11.1. The van der Waals surface area contributed by atoms with Crippen molar-refractivity contribution in [1.29, 1.82) is 0 Å². The second-order valence-corrected chi connectivity index (χ2v) is 3.73. The number of aromatic nitrogens is 2. The number of hydrogen-bond acceptors (Lipinski definition) is 5. The van der Waals surface area contributed by atoms with Gasteiger partial charge in [0.2, 0.25) is 5.91 Å². The molecule has 1 amide bonds. The molecule has 16 heavy (non-hydrogen) atoms. The zero-order valence-electron chi connectivity index (χ0n) is 9.17. The summed E-state index contributed by atoms with van der Waals surface area (Å²) in [4.78, 5) is 19.2. The molecule has 1 rings (SSSR count). The smallest absolute Gasteiger partial charge is 0.239 e. The van der Waals surface area contributed by atoms with Gasteiger partial charge in [0.05, 0.1) is 6.54 Å². The van der Waals surface area contributed by atoms with Crippen LogP contribution in [0.3, 0.4) is 0 Å². The number of anilines is 2. The van der Waals surface area contributed by atoms with E-state index in [1.807, 2.05) is 6.92 Å². The standard InChI is InChI=1S/C9H14BrN5O/c1-3-12-8-7(10)9(15-5-14-8)13-4-6(16)11-2/h5H,3-4H2,1-2H3,(H,11,16)(H2,12,13,14,15). The van der Waals surface area contributed by atoms with Crippen molar-refractivity contribution in [3.05, 3.63) is 10.8 Å². The minimum Gasteiger partial charge on any atom is -0.369 e. The Morgan fingerprint density at radius 1 is 1.38 bits per heavy atom. The first-order chi connectivity index (χ1) is 7.69. The van der Waals surface area contributed by atoms with Crippen LogP contribution in [0.1, 0.15) is 6.92 Å². The maximum atomic E-state index is 11.1. The van der Waals surface area contributed by atoms with E-state index in [-0.39, 0.29) is 12.5 Å². The first kappa shape index (κ1) is 12.7. The molecule has 0 spiro atoms. The van der Waals surface area contributed by atoms with E-state index < -0.39 is 0 Å². The molecule has 3 N–H and O–H groups in total. The molecule has 0 aromatic carbocycles. The summed E-state index contributed by atoms with van der Waals surface area (Å²) in [5, 5.41) is 8.51. The van der Waals surface area contributed by atoms with Crippen molar-refractivity contribution in [2.24, 2.45) is 0 Å². The van der Waals surface area contributed by atoms with Crippen LogP contribution in [0.2, 0.25) is 0 Å². The summed E-state index contributed by atoms with van der Waals surface area (Å²) in [5.41, 5.74) is 0. The van der Waals surface area contributed by atoms with Crippen LogP contribution >= 0.6 is 15.9 Å². The minimum atomic E-state index is -0.101. The van der Waals surface area contributed by atoms with Gasteiger partial charge in [-0.15, -0.1) is 0 Å². The quantitative estimate of drug-likeness (QED) is 0.748. The molecule has 7 heteroatoms. The predicted octanol–water partition coefficient (Wildman–Crippen LogP) is 0.829. The third-order valence-electron chi connectivity index (χ3n) is 1.83. The van der Waals surface area contributed by atoms with Crippen molar-refractivity contribution < 1.29 is 4.79 Å². The zero-order chi connectivity index (χ0) is 12.0. The topological polar surface area (TPSA) is 78.9 Å². The molecule has 1 aromatic rings. The third-order valence-corrected chi connectivity index (χ3v) is 2.58. The summed E-state index contributed by atoms with van der Waals surface area (Å²) < 4.78 is 0.723. The molecule has 0 aliphatic carbocycles. The highest BCUT2D eigenvalue weighted by Crippen LogP contribution is 2.25. The number of nitrogens with zero attached hydrogens (tertiary/aromatic N) is 2. The summed E-state index contributed by atoms with van der Waals surface area (Å²) in [7, 11) is 1.59. The Labute approximate surface area is 102 Å². The van der Waals surface area contributed by atoms with E-state index in [0.29, 0.717) is 11.6 Å². The van der Waals surface area contributed by atoms with Crippen LogP contribution < -0.4 is 16.0 Å². The lowest BCUT2D eigenvalue weighted by molar-refractivity contribution is -0.118. The van der Waals surface area contributed by atoms with Gasteiger partial charge in [0.15, 0.2) is 0 Å². The van der Waals surface area contributed by atoms with Gasteiger partial charge in [0, 0.05) is 13.6 Å². The second-order valence-electron chi connectivity index (χ2n) is 2.94. The number of nitrogens with one attached hydrogen (secondary N) is 3. The van der Waals surface area contributed by atoms with Crippen LogP contribution in [0.5, 0.6) is 0 Å². The Bertz CT molecular complexity index is 371. The molecule has 6 nitrogen and oxygen atoms in total. The summed E-state index contributed by atoms with van der Waals surface area (Å²) in [5.74, 6) is 1.20. The van der Waals surface area contributed by atoms with Crippen LogP contribution in [-0.2, 0) is 4.79 Å². The number of amides is 1. The van der Waals surface area contributed by atoms with Crippen LogP contribution in [0.4, 0.5) is 11.6 Å². The lowest BCUT2D eigenvalue weighted by atomic mass is 10.5. The maximum Gasteiger partial charge on any atom is 0.239 e. The molecule has 88 valence electrons. The normalized spacial score (nSPS) is 9.69. The fraction of sp³-hybridized carbons (Fsp3) is 0.444. The number of carbonyl (C=O) groups excluding carboxylic acids is 1. The van der Waals surface area contributed by atoms with Crippen molar-refractivity contribution >= 4 is 33.5 Å². The SMILES string of the molecule is CCNc1ncnc(NCC(=O)NC)c1Br. The monoisotopic (exact) mass is 287 g/mol. The Kier molecular flexibility index (Phi) is 4.97. The molecule has 0 aliphatic heterocycles. The largest absolute Gasteiger partial charge is 0.369 e. The Hall–Kier alpha value is -1.37. The van der Waals surface area contributed by atoms with Gasteiger partial charge in [-0.05, 0) is 22.9 Å². The first-order valence-corrected chi connectivity index (χ1v) is 5.67. The van der Waals surface area contributed by atoms with E-state index in [1.165, 1.54) is 6.33 Å². The molecule has 0 atom stereocenters. The van der Waals surface area contributed by atoms with E-state index in [4.69, 9.17) is 0 Å². The number of rotatable bonds is 5. The number of carbonyl (C=O) groups is 1. The molecule has 0 radical (unpaired) electrons. The Morgan fingerprint density at radius 3 is 2.56 bits per heavy atom. The average Bonchev–Trinajstić information content (AvgIpc) is 2.30. The molecule has 1 heterocycles. The molecule has 0 fully saturated rings. The van der Waals surface area contributed by atoms with Crippen LogP contribution in [0, 0.1) is 0 Å². The average molecular weight is 288 g/mol. The van der Waals surface area contributed by atoms with Crippen molar-refractivity contribution in [3.8, 4) is 0 Å². The molecule has 0 saturated carbocycles. The van der Waals surface area contributed by atoms with Crippen molar-refractivity contribution in [1.82, 2.24) is 15.3 Å². The Balaban J connectivity index is 2.72. The van der Waals surface area contributed by atoms with E-state index in [9.17, 15) is 4.79 Å². The van der Waals surface area contributed by atoms with Gasteiger partial charge in [-0.2, -0.15) is 0 Å². The highest BCUT2D eigenvalue weighted by Gasteiger charge is 2.08. The summed E-state index contributed by atoms with van der Waals surface area (Å²) in [6, 6.07) is 0. The molecular formula is C9H14BrN5O. The van der Waals surface area contributed by atoms with Gasteiger partial charge in [0.25, 0.3) is 0 Å². The highest BCUT2D eigenvalue weighted by molar-refractivity contribution is 9.10. The number of halogens is 1. The van der Waals surface area contributed by atoms with E-state index in [0.717, 1.165) is 11.0 Å². The number of hydrogen-bond donors (Lipinski definition) is 3. The summed E-state index contributed by atoms with van der Waals surface area (Å²) in [6.45, 7) is 2.92. The van der Waals surface area contributed by atoms with Crippen LogP contribution in [0.15, 0.2) is 10.8 Å². The molecular weight excluding hydrogens is 274 g/mol. The number of likely N-dealkylation sites (N-methyl/N-ethyl adjacent to an activating group) is 1. The first-order valence-electron chi connectivity index (χ1n) is 4.87. The molecule has 0 unspecified atom stereocenters. The van der Waals surface area contributed by atoms with Gasteiger partial charge in [-0.1, -0.05) is 0 Å². The van der Waals surface area contributed by atoms with E-state index in [1.54, 1.807) is 7.05 Å². The summed E-state index contributed by atoms with van der Waals surface area (Å²) in [6.07, 6.45) is 1.44. The van der Waals surface area contributed by atoms with Gasteiger partial charge in [-0.3, -0.25) is 4.79 Å². The lowest BCUT2D eigenvalue weighted by Gasteiger charge is -2.09. The van der Waals surface area contributed by atoms with Crippen molar-refractivity contribution in [3.63, 3.8) is 0 Å². The van der Waals surface area contributed by atoms with Crippen molar-refractivity contribution in [2.75, 3.05) is 30.8 Å². The molecule has 1 aromatic heterocycles. The van der Waals surface area contributed by atoms with E-state index in [2.05, 4.69) is 41.8 Å². The Morgan fingerprint density at radius 2 is 2.00 bits per heavy atom. The zero-order valence-corrected chi connectivity index (χ0v) is 10.8. The van der Waals surface area contributed by atoms with Gasteiger partial charge in [0.1, 0.15) is 22.4 Å². The third kappa shape index (κ3) is 3.34. The van der Waals surface area contributed by atoms with Crippen LogP contribution in [-0.4, -0.2) is 36.0 Å². The highest BCUT2D eigenvalue weighted by atomic mass is 79.9. The van der Waals surface area contributed by atoms with Crippen molar-refractivity contribution in [2.45, 2.75) is 6.92 Å². The lowest BCUT2D eigenvalue weighted by Crippen LogP contribution is -2.26. The van der Waals surface area contributed by atoms with Gasteiger partial charge in [-0.25, -0.2) is 9.97 Å². The molecule has 0 saturated heterocycles. The van der Waals surface area contributed by atoms with Crippen LogP contribution in [0.25, 0.3) is 0 Å². The fourth-order valence-corrected chi connectivity index (χ4v) is 1.52. The second kappa shape index (κ2) is 6.26. The molecule has 0 aliphatic rings. The van der Waals surface area contributed by atoms with Gasteiger partial charge < -0.3 is 16.0 Å². The minimum absolute atomic E-state index is 0.101. The molecule has 0 bridgehead atoms. The fourth-order valence-electron chi connectivity index (χ4n) is 1.04. The predicted molar refractivity (Wildman–Crippen MR) is 66.5 cm³/mol. The van der Waals surface area contributed by atoms with Gasteiger partial charge >= 0.3 is 0 Å². The van der Waals surface area contributed by atoms with E-state index >= 15 is 0 Å².